The van der Waals surface area contributed by atoms with E-state index in [2.05, 4.69) is 56.1 Å². The molecule has 0 spiro atoms. The number of aromatic nitrogens is 1. The Kier molecular flexibility index (Phi) is 4.70. The van der Waals surface area contributed by atoms with E-state index in [-0.39, 0.29) is 0 Å². The van der Waals surface area contributed by atoms with Crippen LogP contribution in [0.2, 0.25) is 0 Å². The summed E-state index contributed by atoms with van der Waals surface area (Å²) in [6.45, 7) is 7.07. The first-order chi connectivity index (χ1) is 11.0. The summed E-state index contributed by atoms with van der Waals surface area (Å²) >= 11 is 0. The predicted molar refractivity (Wildman–Crippen MR) is 95.5 cm³/mol. The molecule has 1 saturated carbocycles. The highest BCUT2D eigenvalue weighted by Gasteiger charge is 2.30. The standard InChI is InChI=1S/C21H27NO/c1-21(2,3)18-8-12-20(13-9-18)23-19-10-6-16(7-11-19)17-5-4-14-22-15-17/h4-7,10-11,14-15,18,20H,8-9,12-13H2,1-3H3. The van der Waals surface area contributed by atoms with Crippen molar-refractivity contribution in [1.29, 1.82) is 0 Å². The number of rotatable bonds is 3. The largest absolute Gasteiger partial charge is 0.490 e. The Hall–Kier alpha value is -1.83. The molecule has 1 aromatic heterocycles. The van der Waals surface area contributed by atoms with Crippen LogP contribution in [0.1, 0.15) is 46.5 Å². The van der Waals surface area contributed by atoms with Crippen molar-refractivity contribution in [2.75, 3.05) is 0 Å². The van der Waals surface area contributed by atoms with Crippen molar-refractivity contribution < 1.29 is 4.74 Å². The zero-order valence-corrected chi connectivity index (χ0v) is 14.5. The lowest BCUT2D eigenvalue weighted by molar-refractivity contribution is 0.0882. The van der Waals surface area contributed by atoms with Crippen LogP contribution in [-0.4, -0.2) is 11.1 Å². The van der Waals surface area contributed by atoms with Crippen LogP contribution in [-0.2, 0) is 0 Å². The minimum absolute atomic E-state index is 0.373. The van der Waals surface area contributed by atoms with Gasteiger partial charge in [-0.1, -0.05) is 39.0 Å². The van der Waals surface area contributed by atoms with E-state index in [1.165, 1.54) is 31.2 Å². The summed E-state index contributed by atoms with van der Waals surface area (Å²) in [4.78, 5) is 4.17. The molecule has 23 heavy (non-hydrogen) atoms. The van der Waals surface area contributed by atoms with Crippen LogP contribution >= 0.6 is 0 Å². The van der Waals surface area contributed by atoms with Crippen molar-refractivity contribution >= 4 is 0 Å². The highest BCUT2D eigenvalue weighted by atomic mass is 16.5. The fourth-order valence-electron chi connectivity index (χ4n) is 3.50. The number of pyridine rings is 1. The number of nitrogens with zero attached hydrogens (tertiary/aromatic N) is 1. The van der Waals surface area contributed by atoms with Crippen LogP contribution in [0.4, 0.5) is 0 Å². The zero-order valence-electron chi connectivity index (χ0n) is 14.5. The fraction of sp³-hybridized carbons (Fsp3) is 0.476. The third-order valence-electron chi connectivity index (χ3n) is 5.05. The van der Waals surface area contributed by atoms with E-state index in [9.17, 15) is 0 Å². The van der Waals surface area contributed by atoms with Crippen molar-refractivity contribution in [3.63, 3.8) is 0 Å². The van der Waals surface area contributed by atoms with E-state index in [1.807, 2.05) is 12.3 Å². The van der Waals surface area contributed by atoms with Gasteiger partial charge in [-0.25, -0.2) is 0 Å². The van der Waals surface area contributed by atoms with Crippen LogP contribution in [0.3, 0.4) is 0 Å². The second-order valence-corrected chi connectivity index (χ2v) is 7.72. The average molecular weight is 309 g/mol. The Bertz CT molecular complexity index is 605. The Morgan fingerprint density at radius 2 is 1.61 bits per heavy atom. The SMILES string of the molecule is CC(C)(C)C1CCC(Oc2ccc(-c3cccnc3)cc2)CC1. The molecule has 0 amide bonds. The van der Waals surface area contributed by atoms with Crippen molar-refractivity contribution in [3.8, 4) is 16.9 Å². The molecule has 1 fully saturated rings. The molecule has 0 radical (unpaired) electrons. The molecular formula is C21H27NO. The normalized spacial score (nSPS) is 21.9. The molecule has 1 aliphatic rings. The second-order valence-electron chi connectivity index (χ2n) is 7.72. The number of hydrogen-bond donors (Lipinski definition) is 0. The molecule has 1 aliphatic carbocycles. The van der Waals surface area contributed by atoms with E-state index in [4.69, 9.17) is 4.74 Å². The van der Waals surface area contributed by atoms with E-state index in [0.29, 0.717) is 11.5 Å². The molecule has 122 valence electrons. The van der Waals surface area contributed by atoms with Gasteiger partial charge in [-0.3, -0.25) is 4.98 Å². The molecule has 2 nitrogen and oxygen atoms in total. The average Bonchev–Trinajstić information content (AvgIpc) is 2.56. The first-order valence-electron chi connectivity index (χ1n) is 8.69. The highest BCUT2D eigenvalue weighted by Crippen LogP contribution is 2.38. The summed E-state index contributed by atoms with van der Waals surface area (Å²) in [5, 5.41) is 0. The van der Waals surface area contributed by atoms with Gasteiger partial charge >= 0.3 is 0 Å². The second kappa shape index (κ2) is 6.74. The van der Waals surface area contributed by atoms with Gasteiger partial charge in [-0.15, -0.1) is 0 Å². The van der Waals surface area contributed by atoms with Crippen LogP contribution in [0.15, 0.2) is 48.8 Å². The van der Waals surface area contributed by atoms with Crippen molar-refractivity contribution in [1.82, 2.24) is 4.98 Å². The van der Waals surface area contributed by atoms with Gasteiger partial charge in [0.05, 0.1) is 6.10 Å². The van der Waals surface area contributed by atoms with Gasteiger partial charge in [0.25, 0.3) is 0 Å². The summed E-state index contributed by atoms with van der Waals surface area (Å²) in [5.41, 5.74) is 2.75. The maximum absolute atomic E-state index is 6.19. The van der Waals surface area contributed by atoms with Gasteiger partial charge < -0.3 is 4.74 Å². The molecule has 0 atom stereocenters. The molecular weight excluding hydrogens is 282 g/mol. The summed E-state index contributed by atoms with van der Waals surface area (Å²) in [6, 6.07) is 12.4. The Morgan fingerprint density at radius 1 is 0.913 bits per heavy atom. The summed E-state index contributed by atoms with van der Waals surface area (Å²) in [6.07, 6.45) is 8.97. The molecule has 0 bridgehead atoms. The van der Waals surface area contributed by atoms with Gasteiger partial charge in [0.2, 0.25) is 0 Å². The first-order valence-corrected chi connectivity index (χ1v) is 8.69. The van der Waals surface area contributed by atoms with Crippen LogP contribution in [0, 0.1) is 11.3 Å². The third kappa shape index (κ3) is 4.13. The fourth-order valence-corrected chi connectivity index (χ4v) is 3.50. The van der Waals surface area contributed by atoms with E-state index in [1.54, 1.807) is 6.20 Å². The summed E-state index contributed by atoms with van der Waals surface area (Å²) in [5.74, 6) is 1.81. The molecule has 0 unspecified atom stereocenters. The monoisotopic (exact) mass is 309 g/mol. The Labute approximate surface area is 139 Å². The van der Waals surface area contributed by atoms with Gasteiger partial charge in [-0.2, -0.15) is 0 Å². The quantitative estimate of drug-likeness (QED) is 0.722. The maximum atomic E-state index is 6.19. The Morgan fingerprint density at radius 3 is 2.17 bits per heavy atom. The number of benzene rings is 1. The Balaban J connectivity index is 1.57. The summed E-state index contributed by atoms with van der Waals surface area (Å²) in [7, 11) is 0. The molecule has 2 aromatic rings. The lowest BCUT2D eigenvalue weighted by Gasteiger charge is -2.36. The molecule has 1 aromatic carbocycles. The van der Waals surface area contributed by atoms with Gasteiger partial charge in [0, 0.05) is 12.4 Å². The maximum Gasteiger partial charge on any atom is 0.119 e. The first kappa shape index (κ1) is 16.0. The molecule has 0 saturated heterocycles. The van der Waals surface area contributed by atoms with Gasteiger partial charge in [0.15, 0.2) is 0 Å². The van der Waals surface area contributed by atoms with E-state index >= 15 is 0 Å². The zero-order chi connectivity index (χ0) is 16.3. The van der Waals surface area contributed by atoms with Gasteiger partial charge in [0.1, 0.15) is 5.75 Å². The third-order valence-corrected chi connectivity index (χ3v) is 5.05. The minimum Gasteiger partial charge on any atom is -0.490 e. The smallest absolute Gasteiger partial charge is 0.119 e. The molecule has 0 aliphatic heterocycles. The molecule has 3 rings (SSSR count). The lowest BCUT2D eigenvalue weighted by atomic mass is 9.72. The number of ether oxygens (including phenoxy) is 1. The number of hydrogen-bond acceptors (Lipinski definition) is 2. The minimum atomic E-state index is 0.373. The van der Waals surface area contributed by atoms with Crippen LogP contribution < -0.4 is 4.74 Å². The van der Waals surface area contributed by atoms with Crippen LogP contribution in [0.25, 0.3) is 11.1 Å². The van der Waals surface area contributed by atoms with Crippen molar-refractivity contribution in [2.24, 2.45) is 11.3 Å². The van der Waals surface area contributed by atoms with E-state index < -0.39 is 0 Å². The van der Waals surface area contributed by atoms with Crippen LogP contribution in [0.5, 0.6) is 5.75 Å². The van der Waals surface area contributed by atoms with Gasteiger partial charge in [-0.05, 0) is 66.3 Å². The van der Waals surface area contributed by atoms with Crippen molar-refractivity contribution in [2.45, 2.75) is 52.6 Å². The molecule has 2 heteroatoms. The highest BCUT2D eigenvalue weighted by molar-refractivity contribution is 5.62. The lowest BCUT2D eigenvalue weighted by Crippen LogP contribution is -2.30. The molecule has 0 N–H and O–H groups in total. The van der Waals surface area contributed by atoms with E-state index in [0.717, 1.165) is 17.2 Å². The summed E-state index contributed by atoms with van der Waals surface area (Å²) < 4.78 is 6.19. The predicted octanol–water partition coefficient (Wildman–Crippen LogP) is 5.73. The topological polar surface area (TPSA) is 22.1 Å². The molecule has 1 heterocycles. The van der Waals surface area contributed by atoms with Crippen molar-refractivity contribution in [3.05, 3.63) is 48.8 Å².